The van der Waals surface area contributed by atoms with Crippen LogP contribution >= 0.6 is 23.2 Å². The molecule has 13 nitrogen and oxygen atoms in total. The number of aliphatic hydroxyl groups is 2. The Morgan fingerprint density at radius 2 is 1.87 bits per heavy atom. The van der Waals surface area contributed by atoms with Gasteiger partial charge in [0.15, 0.2) is 18.2 Å². The number of halogens is 2. The number of hydrogen-bond donors (Lipinski definition) is 3. The van der Waals surface area contributed by atoms with Crippen molar-refractivity contribution in [2.24, 2.45) is 16.1 Å². The van der Waals surface area contributed by atoms with Crippen LogP contribution in [0.25, 0.3) is 0 Å². The number of anilines is 1. The van der Waals surface area contributed by atoms with Crippen molar-refractivity contribution in [3.8, 4) is 11.8 Å². The first-order valence-electron chi connectivity index (χ1n) is 11.6. The van der Waals surface area contributed by atoms with Crippen molar-refractivity contribution < 1.29 is 34.0 Å². The van der Waals surface area contributed by atoms with Crippen LogP contribution in [0.2, 0.25) is 10.0 Å². The van der Waals surface area contributed by atoms with E-state index in [0.29, 0.717) is 5.57 Å². The zero-order valence-corrected chi connectivity index (χ0v) is 22.0. The predicted molar refractivity (Wildman–Crippen MR) is 135 cm³/mol. The van der Waals surface area contributed by atoms with E-state index in [1.165, 1.54) is 25.1 Å². The molecule has 0 bridgehead atoms. The zero-order valence-electron chi connectivity index (χ0n) is 20.5. The average molecular weight is 567 g/mol. The lowest BCUT2D eigenvalue weighted by Crippen LogP contribution is -2.53. The first-order valence-corrected chi connectivity index (χ1v) is 12.3. The average Bonchev–Trinajstić information content (AvgIpc) is 3.65. The molecule has 1 saturated carbocycles. The topological polar surface area (TPSA) is 169 Å². The molecule has 1 fully saturated rings. The molecule has 0 aromatic heterocycles. The van der Waals surface area contributed by atoms with Gasteiger partial charge in [-0.1, -0.05) is 37.0 Å². The fourth-order valence-electron chi connectivity index (χ4n) is 3.51. The van der Waals surface area contributed by atoms with Crippen LogP contribution in [0.1, 0.15) is 33.6 Å². The summed E-state index contributed by atoms with van der Waals surface area (Å²) in [7, 11) is 0. The standard InChI is InChI=1S/C23H24Cl2N6O7/c1-10(2)14-8-18(29-30(21(14)33)11(3)36-23(35)37-13-4-5-13)38-19-15(24)6-12(7-16(19)25)31-22(34)27-20(32)17(9-26)28-31/h6-8,10-11,13,21-22,33-34H,4-5H2,1-3H3,(H,27,32). The lowest BCUT2D eigenvalue weighted by atomic mass is 10.00. The summed E-state index contributed by atoms with van der Waals surface area (Å²) in [6, 6.07) is 4.33. The second-order valence-corrected chi connectivity index (χ2v) is 9.68. The Morgan fingerprint density at radius 3 is 2.45 bits per heavy atom. The summed E-state index contributed by atoms with van der Waals surface area (Å²) < 4.78 is 16.3. The van der Waals surface area contributed by atoms with Gasteiger partial charge in [0.1, 0.15) is 12.2 Å². The first kappa shape index (κ1) is 27.5. The summed E-state index contributed by atoms with van der Waals surface area (Å²) in [6.45, 7) is 5.24. The number of hydrogen-bond acceptors (Lipinski definition) is 12. The fraction of sp³-hybridized carbons (Fsp3) is 0.435. The second-order valence-electron chi connectivity index (χ2n) is 8.87. The molecule has 2 aliphatic heterocycles. The molecule has 3 aliphatic rings. The van der Waals surface area contributed by atoms with Crippen molar-refractivity contribution in [1.82, 2.24) is 10.3 Å². The maximum absolute atomic E-state index is 12.0. The van der Waals surface area contributed by atoms with Gasteiger partial charge in [0.25, 0.3) is 5.91 Å². The predicted octanol–water partition coefficient (Wildman–Crippen LogP) is 2.66. The largest absolute Gasteiger partial charge is 0.510 e. The van der Waals surface area contributed by atoms with E-state index in [2.05, 4.69) is 15.5 Å². The van der Waals surface area contributed by atoms with Crippen molar-refractivity contribution in [2.45, 2.75) is 58.5 Å². The Labute approximate surface area is 227 Å². The van der Waals surface area contributed by atoms with Gasteiger partial charge in [0.2, 0.25) is 18.0 Å². The van der Waals surface area contributed by atoms with Gasteiger partial charge >= 0.3 is 6.16 Å². The molecule has 3 N–H and O–H groups in total. The number of nitrogens with one attached hydrogen (secondary N) is 1. The summed E-state index contributed by atoms with van der Waals surface area (Å²) in [4.78, 5) is 23.7. The highest BCUT2D eigenvalue weighted by molar-refractivity contribution is 6.45. The van der Waals surface area contributed by atoms with Gasteiger partial charge in [-0.25, -0.2) is 14.8 Å². The van der Waals surface area contributed by atoms with E-state index in [1.807, 2.05) is 13.8 Å². The van der Waals surface area contributed by atoms with E-state index >= 15 is 0 Å². The lowest BCUT2D eigenvalue weighted by Gasteiger charge is -2.35. The maximum Gasteiger partial charge on any atom is 0.510 e. The van der Waals surface area contributed by atoms with Gasteiger partial charge in [-0.3, -0.25) is 4.79 Å². The SMILES string of the molecule is CC(C)C1=CC(Oc2c(Cl)cc(N3N=C(C#N)C(=O)NC3O)cc2Cl)=NN(C(C)OC(=O)OC2CC2)C1O. The highest BCUT2D eigenvalue weighted by Gasteiger charge is 2.34. The molecule has 2 heterocycles. The number of ether oxygens (including phenoxy) is 3. The normalized spacial score (nSPS) is 22.1. The van der Waals surface area contributed by atoms with Crippen LogP contribution < -0.4 is 15.1 Å². The highest BCUT2D eigenvalue weighted by atomic mass is 35.5. The van der Waals surface area contributed by atoms with Gasteiger partial charge in [-0.15, -0.1) is 5.10 Å². The molecule has 3 atom stereocenters. The summed E-state index contributed by atoms with van der Waals surface area (Å²) in [5, 5.41) is 42.5. The molecule has 0 radical (unpaired) electrons. The number of benzene rings is 1. The number of hydrazone groups is 2. The van der Waals surface area contributed by atoms with E-state index < -0.39 is 36.6 Å². The Bertz CT molecular complexity index is 1250. The Morgan fingerprint density at radius 1 is 1.21 bits per heavy atom. The number of nitrogens with zero attached hydrogens (tertiary/aromatic N) is 5. The minimum Gasteiger partial charge on any atom is -0.434 e. The van der Waals surface area contributed by atoms with Crippen molar-refractivity contribution >= 4 is 52.6 Å². The van der Waals surface area contributed by atoms with Crippen LogP contribution in [0.5, 0.6) is 5.75 Å². The lowest BCUT2D eigenvalue weighted by molar-refractivity contribution is -0.118. The number of amides is 1. The van der Waals surface area contributed by atoms with Crippen LogP contribution in [-0.4, -0.2) is 63.8 Å². The molecule has 1 amide bonds. The van der Waals surface area contributed by atoms with Crippen LogP contribution in [0.4, 0.5) is 10.5 Å². The molecule has 1 aromatic rings. The van der Waals surface area contributed by atoms with Gasteiger partial charge in [-0.2, -0.15) is 10.4 Å². The third kappa shape index (κ3) is 5.94. The molecule has 202 valence electrons. The minimum atomic E-state index is -1.57. The molecule has 38 heavy (non-hydrogen) atoms. The van der Waals surface area contributed by atoms with Gasteiger partial charge in [0, 0.05) is 6.08 Å². The van der Waals surface area contributed by atoms with Crippen molar-refractivity contribution in [3.63, 3.8) is 0 Å². The second kappa shape index (κ2) is 11.0. The summed E-state index contributed by atoms with van der Waals surface area (Å²) in [5.74, 6) is -0.976. The molecule has 4 rings (SSSR count). The highest BCUT2D eigenvalue weighted by Crippen LogP contribution is 2.39. The van der Waals surface area contributed by atoms with Gasteiger partial charge in [0.05, 0.1) is 15.7 Å². The molecule has 15 heteroatoms. The molecular formula is C23H24Cl2N6O7. The van der Waals surface area contributed by atoms with Crippen LogP contribution in [0.15, 0.2) is 34.0 Å². The Hall–Kier alpha value is -3.57. The van der Waals surface area contributed by atoms with Crippen molar-refractivity contribution in [3.05, 3.63) is 33.8 Å². The van der Waals surface area contributed by atoms with Crippen LogP contribution in [0.3, 0.4) is 0 Å². The molecule has 1 aliphatic carbocycles. The fourth-order valence-corrected chi connectivity index (χ4v) is 4.07. The van der Waals surface area contributed by atoms with E-state index in [-0.39, 0.29) is 39.4 Å². The number of carbonyl (C=O) groups excluding carboxylic acids is 2. The Kier molecular flexibility index (Phi) is 7.98. The molecule has 1 aromatic carbocycles. The molecule has 0 spiro atoms. The van der Waals surface area contributed by atoms with Crippen molar-refractivity contribution in [1.29, 1.82) is 5.26 Å². The van der Waals surface area contributed by atoms with Gasteiger partial charge < -0.3 is 29.7 Å². The number of nitriles is 1. The van der Waals surface area contributed by atoms with E-state index in [1.54, 1.807) is 6.07 Å². The number of aliphatic hydroxyl groups excluding tert-OH is 2. The first-order chi connectivity index (χ1) is 18.0. The van der Waals surface area contributed by atoms with E-state index in [0.717, 1.165) is 22.9 Å². The Balaban J connectivity index is 1.59. The number of carbonyl (C=O) groups is 2. The van der Waals surface area contributed by atoms with Gasteiger partial charge in [-0.05, 0) is 43.4 Å². The monoisotopic (exact) mass is 566 g/mol. The summed E-state index contributed by atoms with van der Waals surface area (Å²) in [5.41, 5.74) is 0.210. The zero-order chi connectivity index (χ0) is 27.7. The summed E-state index contributed by atoms with van der Waals surface area (Å²) in [6.07, 6.45) is -1.72. The van der Waals surface area contributed by atoms with E-state index in [4.69, 9.17) is 42.7 Å². The third-order valence-electron chi connectivity index (χ3n) is 5.62. The maximum atomic E-state index is 12.0. The quantitative estimate of drug-likeness (QED) is 0.435. The van der Waals surface area contributed by atoms with Crippen molar-refractivity contribution in [2.75, 3.05) is 5.01 Å². The number of rotatable bonds is 6. The molecule has 3 unspecified atom stereocenters. The van der Waals surface area contributed by atoms with Crippen LogP contribution in [-0.2, 0) is 14.3 Å². The minimum absolute atomic E-state index is 0.00313. The van der Waals surface area contributed by atoms with E-state index in [9.17, 15) is 19.8 Å². The molecular weight excluding hydrogens is 543 g/mol. The summed E-state index contributed by atoms with van der Waals surface area (Å²) >= 11 is 12.9. The molecule has 0 saturated heterocycles. The smallest absolute Gasteiger partial charge is 0.434 e. The third-order valence-corrected chi connectivity index (χ3v) is 6.18. The van der Waals surface area contributed by atoms with Crippen LogP contribution in [0, 0.1) is 17.2 Å².